The Balaban J connectivity index is 1.49. The zero-order valence-corrected chi connectivity index (χ0v) is 16.3. The van der Waals surface area contributed by atoms with Crippen molar-refractivity contribution in [2.45, 2.75) is 32.1 Å². The van der Waals surface area contributed by atoms with E-state index in [0.717, 1.165) is 19.3 Å². The lowest BCUT2D eigenvalue weighted by Crippen LogP contribution is -2.42. The Morgan fingerprint density at radius 1 is 1.11 bits per heavy atom. The first-order valence-corrected chi connectivity index (χ1v) is 10.4. The summed E-state index contributed by atoms with van der Waals surface area (Å²) in [5.41, 5.74) is 3.55. The Morgan fingerprint density at radius 3 is 2.75 bits per heavy atom. The van der Waals surface area contributed by atoms with Gasteiger partial charge in [0.25, 0.3) is 11.8 Å². The van der Waals surface area contributed by atoms with Crippen LogP contribution in [-0.2, 0) is 17.6 Å². The molecule has 2 heterocycles. The number of fused-ring (bicyclic) bond motifs is 1. The second-order valence-electron chi connectivity index (χ2n) is 7.38. The number of hydrogen-bond acceptors (Lipinski definition) is 4. The third-order valence-electron chi connectivity index (χ3n) is 5.54. The molecule has 2 aromatic rings. The number of carbonyl (C=O) groups excluding carboxylic acids is 2. The third kappa shape index (κ3) is 3.67. The standard InChI is InChI=1S/C21H22N2O4S/c24-18(15-7-6-13-3-1-4-14(13)11-15)22-19-17(8-10-28-19)20(25)23-9-2-5-16(12-23)21(26)27/h6-8,10-11,16H,1-5,9,12H2,(H,22,24)(H,26,27). The smallest absolute Gasteiger partial charge is 0.308 e. The molecule has 28 heavy (non-hydrogen) atoms. The molecule has 0 radical (unpaired) electrons. The molecule has 146 valence electrons. The van der Waals surface area contributed by atoms with E-state index >= 15 is 0 Å². The van der Waals surface area contributed by atoms with Gasteiger partial charge in [-0.2, -0.15) is 0 Å². The maximum atomic E-state index is 12.9. The highest BCUT2D eigenvalue weighted by atomic mass is 32.1. The van der Waals surface area contributed by atoms with E-state index < -0.39 is 11.9 Å². The number of carboxylic acid groups (broad SMARTS) is 1. The van der Waals surface area contributed by atoms with Crippen LogP contribution in [0.2, 0.25) is 0 Å². The molecule has 7 heteroatoms. The molecule has 6 nitrogen and oxygen atoms in total. The minimum absolute atomic E-state index is 0.211. The lowest BCUT2D eigenvalue weighted by molar-refractivity contribution is -0.143. The van der Waals surface area contributed by atoms with Gasteiger partial charge in [-0.25, -0.2) is 0 Å². The summed E-state index contributed by atoms with van der Waals surface area (Å²) in [6, 6.07) is 7.47. The van der Waals surface area contributed by atoms with Gasteiger partial charge in [-0.1, -0.05) is 6.07 Å². The fourth-order valence-electron chi connectivity index (χ4n) is 4.00. The summed E-state index contributed by atoms with van der Waals surface area (Å²) < 4.78 is 0. The molecule has 4 rings (SSSR count). The predicted molar refractivity (Wildman–Crippen MR) is 107 cm³/mol. The molecule has 0 bridgehead atoms. The van der Waals surface area contributed by atoms with Gasteiger partial charge in [-0.15, -0.1) is 11.3 Å². The Kier molecular flexibility index (Phi) is 5.17. The van der Waals surface area contributed by atoms with Gasteiger partial charge in [0, 0.05) is 18.7 Å². The molecule has 0 saturated carbocycles. The molecule has 2 aliphatic rings. The van der Waals surface area contributed by atoms with Gasteiger partial charge in [-0.05, 0) is 66.8 Å². The monoisotopic (exact) mass is 398 g/mol. The van der Waals surface area contributed by atoms with Crippen LogP contribution < -0.4 is 5.32 Å². The molecule has 2 N–H and O–H groups in total. The number of anilines is 1. The van der Waals surface area contributed by atoms with Crippen molar-refractivity contribution < 1.29 is 19.5 Å². The molecule has 1 aliphatic carbocycles. The summed E-state index contributed by atoms with van der Waals surface area (Å²) in [5.74, 6) is -1.85. The Hall–Kier alpha value is -2.67. The number of aryl methyl sites for hydroxylation is 2. The number of hydrogen-bond donors (Lipinski definition) is 2. The molecule has 1 aromatic heterocycles. The summed E-state index contributed by atoms with van der Waals surface area (Å²) >= 11 is 1.30. The second-order valence-corrected chi connectivity index (χ2v) is 8.30. The van der Waals surface area contributed by atoms with Crippen molar-refractivity contribution in [1.29, 1.82) is 0 Å². The minimum atomic E-state index is -0.868. The number of benzene rings is 1. The van der Waals surface area contributed by atoms with Gasteiger partial charge < -0.3 is 15.3 Å². The summed E-state index contributed by atoms with van der Waals surface area (Å²) in [5, 5.41) is 14.4. The van der Waals surface area contributed by atoms with Crippen LogP contribution in [0.4, 0.5) is 5.00 Å². The van der Waals surface area contributed by atoms with E-state index in [1.54, 1.807) is 16.3 Å². The maximum absolute atomic E-state index is 12.9. The summed E-state index contributed by atoms with van der Waals surface area (Å²) in [7, 11) is 0. The highest BCUT2D eigenvalue weighted by Crippen LogP contribution is 2.28. The van der Waals surface area contributed by atoms with E-state index in [0.29, 0.717) is 35.5 Å². The summed E-state index contributed by atoms with van der Waals surface area (Å²) in [6.45, 7) is 0.749. The number of nitrogens with one attached hydrogen (secondary N) is 1. The fourth-order valence-corrected chi connectivity index (χ4v) is 4.77. The normalized spacial score (nSPS) is 18.6. The topological polar surface area (TPSA) is 86.7 Å². The Labute approximate surface area is 167 Å². The quantitative estimate of drug-likeness (QED) is 0.826. The van der Waals surface area contributed by atoms with Crippen LogP contribution in [0, 0.1) is 5.92 Å². The SMILES string of the molecule is O=C(Nc1sccc1C(=O)N1CCCC(C(=O)O)C1)c1ccc2c(c1)CCC2. The highest BCUT2D eigenvalue weighted by Gasteiger charge is 2.30. The number of likely N-dealkylation sites (tertiary alicyclic amines) is 1. The Bertz CT molecular complexity index is 936. The lowest BCUT2D eigenvalue weighted by Gasteiger charge is -2.30. The van der Waals surface area contributed by atoms with E-state index in [2.05, 4.69) is 5.32 Å². The summed E-state index contributed by atoms with van der Waals surface area (Å²) in [4.78, 5) is 38.5. The first-order chi connectivity index (χ1) is 13.5. The number of piperidine rings is 1. The molecule has 1 aliphatic heterocycles. The van der Waals surface area contributed by atoms with Crippen molar-refractivity contribution in [3.8, 4) is 0 Å². The van der Waals surface area contributed by atoms with Gasteiger partial charge in [0.1, 0.15) is 5.00 Å². The number of thiophene rings is 1. The molecule has 2 amide bonds. The fraction of sp³-hybridized carbons (Fsp3) is 0.381. The van der Waals surface area contributed by atoms with E-state index in [4.69, 9.17) is 0 Å². The molecule has 1 unspecified atom stereocenters. The van der Waals surface area contributed by atoms with Gasteiger partial charge >= 0.3 is 5.97 Å². The third-order valence-corrected chi connectivity index (χ3v) is 6.37. The van der Waals surface area contributed by atoms with E-state index in [-0.39, 0.29) is 18.4 Å². The van der Waals surface area contributed by atoms with E-state index in [1.807, 2.05) is 18.2 Å². The van der Waals surface area contributed by atoms with Crippen LogP contribution in [0.25, 0.3) is 0 Å². The number of nitrogens with zero attached hydrogens (tertiary/aromatic N) is 1. The van der Waals surface area contributed by atoms with Crippen molar-refractivity contribution in [2.75, 3.05) is 18.4 Å². The molecule has 1 atom stereocenters. The van der Waals surface area contributed by atoms with Crippen molar-refractivity contribution in [3.63, 3.8) is 0 Å². The van der Waals surface area contributed by atoms with Crippen LogP contribution in [0.5, 0.6) is 0 Å². The largest absolute Gasteiger partial charge is 0.481 e. The van der Waals surface area contributed by atoms with Crippen LogP contribution in [0.15, 0.2) is 29.6 Å². The highest BCUT2D eigenvalue weighted by molar-refractivity contribution is 7.14. The number of aliphatic carboxylic acids is 1. The van der Waals surface area contributed by atoms with Crippen LogP contribution in [-0.4, -0.2) is 40.9 Å². The molecule has 1 aromatic carbocycles. The lowest BCUT2D eigenvalue weighted by atomic mass is 9.98. The van der Waals surface area contributed by atoms with Crippen molar-refractivity contribution in [1.82, 2.24) is 4.90 Å². The number of rotatable bonds is 4. The number of amides is 2. The van der Waals surface area contributed by atoms with Crippen LogP contribution in [0.1, 0.15) is 51.1 Å². The second kappa shape index (κ2) is 7.75. The first kappa shape index (κ1) is 18.7. The van der Waals surface area contributed by atoms with Gasteiger partial charge in [-0.3, -0.25) is 14.4 Å². The Morgan fingerprint density at radius 2 is 1.93 bits per heavy atom. The zero-order chi connectivity index (χ0) is 19.7. The molecule has 1 saturated heterocycles. The van der Waals surface area contributed by atoms with Crippen LogP contribution >= 0.6 is 11.3 Å². The van der Waals surface area contributed by atoms with Crippen molar-refractivity contribution in [3.05, 3.63) is 51.9 Å². The van der Waals surface area contributed by atoms with E-state index in [9.17, 15) is 19.5 Å². The van der Waals surface area contributed by atoms with E-state index in [1.165, 1.54) is 22.5 Å². The minimum Gasteiger partial charge on any atom is -0.481 e. The zero-order valence-electron chi connectivity index (χ0n) is 15.4. The average Bonchev–Trinajstić information content (AvgIpc) is 3.36. The first-order valence-electron chi connectivity index (χ1n) is 9.55. The van der Waals surface area contributed by atoms with Crippen LogP contribution in [0.3, 0.4) is 0 Å². The maximum Gasteiger partial charge on any atom is 0.308 e. The molecular weight excluding hydrogens is 376 g/mol. The molecule has 1 fully saturated rings. The molecule has 0 spiro atoms. The number of carboxylic acids is 1. The van der Waals surface area contributed by atoms with Gasteiger partial charge in [0.05, 0.1) is 11.5 Å². The molecular formula is C21H22N2O4S. The number of carbonyl (C=O) groups is 3. The van der Waals surface area contributed by atoms with Crippen molar-refractivity contribution >= 4 is 34.1 Å². The average molecular weight is 398 g/mol. The van der Waals surface area contributed by atoms with Crippen molar-refractivity contribution in [2.24, 2.45) is 5.92 Å². The van der Waals surface area contributed by atoms with Gasteiger partial charge in [0.15, 0.2) is 0 Å². The summed E-state index contributed by atoms with van der Waals surface area (Å²) in [6.07, 6.45) is 4.44. The van der Waals surface area contributed by atoms with Gasteiger partial charge in [0.2, 0.25) is 0 Å². The predicted octanol–water partition coefficient (Wildman–Crippen LogP) is 3.43.